The van der Waals surface area contributed by atoms with Crippen molar-refractivity contribution >= 4 is 11.9 Å². The first-order valence-corrected chi connectivity index (χ1v) is 5.06. The molecule has 1 N–H and O–H groups in total. The third kappa shape index (κ3) is 3.87. The summed E-state index contributed by atoms with van der Waals surface area (Å²) in [5, 5.41) is 10.0. The highest BCUT2D eigenvalue weighted by atomic mass is 16.7. The Bertz CT molecular complexity index is 256. The van der Waals surface area contributed by atoms with Crippen LogP contribution in [0.3, 0.4) is 0 Å². The molecule has 86 valence electrons. The third-order valence-electron chi connectivity index (χ3n) is 2.29. The molecular formula is C10H17NO4. The van der Waals surface area contributed by atoms with Gasteiger partial charge in [-0.15, -0.1) is 0 Å². The van der Waals surface area contributed by atoms with E-state index in [0.717, 1.165) is 6.42 Å². The maximum absolute atomic E-state index is 11.7. The summed E-state index contributed by atoms with van der Waals surface area (Å²) in [6, 6.07) is 0. The fourth-order valence-corrected chi connectivity index (χ4v) is 1.61. The van der Waals surface area contributed by atoms with E-state index in [9.17, 15) is 9.59 Å². The molecule has 0 aromatic carbocycles. The first-order chi connectivity index (χ1) is 6.91. The van der Waals surface area contributed by atoms with Crippen molar-refractivity contribution in [3.63, 3.8) is 0 Å². The molecule has 1 aliphatic heterocycles. The molecule has 0 aromatic heterocycles. The van der Waals surface area contributed by atoms with Crippen molar-refractivity contribution in [3.05, 3.63) is 0 Å². The summed E-state index contributed by atoms with van der Waals surface area (Å²) in [6.45, 7) is 4.73. The van der Waals surface area contributed by atoms with Gasteiger partial charge in [-0.05, 0) is 11.8 Å². The molecule has 0 aromatic rings. The van der Waals surface area contributed by atoms with Gasteiger partial charge < -0.3 is 5.11 Å². The van der Waals surface area contributed by atoms with Gasteiger partial charge in [-0.1, -0.05) is 13.8 Å². The Morgan fingerprint density at radius 1 is 1.40 bits per heavy atom. The van der Waals surface area contributed by atoms with Crippen LogP contribution in [-0.2, 0) is 14.4 Å². The molecule has 1 fully saturated rings. The van der Waals surface area contributed by atoms with Gasteiger partial charge in [0.05, 0.1) is 19.6 Å². The topological polar surface area (TPSA) is 66.8 Å². The van der Waals surface area contributed by atoms with E-state index < -0.39 is 11.4 Å². The minimum Gasteiger partial charge on any atom is -0.481 e. The van der Waals surface area contributed by atoms with Crippen molar-refractivity contribution in [1.29, 1.82) is 0 Å². The second-order valence-electron chi connectivity index (χ2n) is 4.59. The Morgan fingerprint density at radius 2 is 2.07 bits per heavy atom. The number of carbonyl (C=O) groups is 2. The van der Waals surface area contributed by atoms with Crippen molar-refractivity contribution in [1.82, 2.24) is 5.06 Å². The maximum Gasteiger partial charge on any atom is 0.303 e. The van der Waals surface area contributed by atoms with Crippen LogP contribution in [-0.4, -0.2) is 35.2 Å². The molecule has 0 spiro atoms. The van der Waals surface area contributed by atoms with Gasteiger partial charge in [0.15, 0.2) is 0 Å². The number of hydrogen-bond acceptors (Lipinski definition) is 3. The van der Waals surface area contributed by atoms with Crippen LogP contribution in [0.25, 0.3) is 0 Å². The smallest absolute Gasteiger partial charge is 0.303 e. The third-order valence-corrected chi connectivity index (χ3v) is 2.29. The fourth-order valence-electron chi connectivity index (χ4n) is 1.61. The molecule has 1 saturated heterocycles. The molecule has 0 saturated carbocycles. The average molecular weight is 215 g/mol. The summed E-state index contributed by atoms with van der Waals surface area (Å²) in [6.07, 6.45) is 1.05. The van der Waals surface area contributed by atoms with Crippen molar-refractivity contribution in [2.24, 2.45) is 5.41 Å². The second-order valence-corrected chi connectivity index (χ2v) is 4.59. The molecule has 5 nitrogen and oxygen atoms in total. The number of nitrogens with zero attached hydrogens (tertiary/aromatic N) is 1. The van der Waals surface area contributed by atoms with Crippen LogP contribution in [0.15, 0.2) is 0 Å². The van der Waals surface area contributed by atoms with Gasteiger partial charge in [0.2, 0.25) is 5.91 Å². The number of rotatable bonds is 4. The van der Waals surface area contributed by atoms with E-state index in [4.69, 9.17) is 9.94 Å². The van der Waals surface area contributed by atoms with E-state index in [1.807, 2.05) is 0 Å². The summed E-state index contributed by atoms with van der Waals surface area (Å²) in [7, 11) is 0. The van der Waals surface area contributed by atoms with Gasteiger partial charge in [-0.2, -0.15) is 0 Å². The lowest BCUT2D eigenvalue weighted by atomic mass is 9.85. The molecule has 0 unspecified atom stereocenters. The van der Waals surface area contributed by atoms with Crippen molar-refractivity contribution < 1.29 is 19.5 Å². The van der Waals surface area contributed by atoms with Crippen LogP contribution in [0.2, 0.25) is 0 Å². The first kappa shape index (κ1) is 12.0. The number of carbonyl (C=O) groups excluding carboxylic acids is 1. The van der Waals surface area contributed by atoms with E-state index in [2.05, 4.69) is 0 Å². The van der Waals surface area contributed by atoms with Gasteiger partial charge in [0.1, 0.15) is 0 Å². The molecule has 1 aliphatic rings. The largest absolute Gasteiger partial charge is 0.481 e. The number of carboxylic acids is 1. The molecule has 15 heavy (non-hydrogen) atoms. The van der Waals surface area contributed by atoms with Crippen molar-refractivity contribution in [3.8, 4) is 0 Å². The highest BCUT2D eigenvalue weighted by molar-refractivity contribution is 5.77. The molecule has 0 aliphatic carbocycles. The Kier molecular flexibility index (Phi) is 3.68. The normalized spacial score (nSPS) is 16.8. The van der Waals surface area contributed by atoms with Gasteiger partial charge in [0.25, 0.3) is 0 Å². The van der Waals surface area contributed by atoms with E-state index in [1.54, 1.807) is 13.8 Å². The number of aliphatic carboxylic acids is 1. The highest BCUT2D eigenvalue weighted by Gasteiger charge is 2.29. The number of hydrogen-bond donors (Lipinski definition) is 1. The van der Waals surface area contributed by atoms with E-state index in [1.165, 1.54) is 5.06 Å². The highest BCUT2D eigenvalue weighted by Crippen LogP contribution is 2.26. The van der Waals surface area contributed by atoms with Crippen molar-refractivity contribution in [2.45, 2.75) is 33.1 Å². The van der Waals surface area contributed by atoms with Crippen LogP contribution >= 0.6 is 0 Å². The Hall–Kier alpha value is -1.10. The van der Waals surface area contributed by atoms with E-state index in [-0.39, 0.29) is 18.7 Å². The zero-order valence-electron chi connectivity index (χ0n) is 9.15. The van der Waals surface area contributed by atoms with Crippen LogP contribution in [0, 0.1) is 5.41 Å². The molecule has 1 heterocycles. The van der Waals surface area contributed by atoms with Gasteiger partial charge >= 0.3 is 5.97 Å². The predicted octanol–water partition coefficient (Wildman–Crippen LogP) is 1.04. The minimum absolute atomic E-state index is 0.00736. The predicted molar refractivity (Wildman–Crippen MR) is 52.9 cm³/mol. The monoisotopic (exact) mass is 215 g/mol. The molecule has 0 bridgehead atoms. The molecule has 1 rings (SSSR count). The van der Waals surface area contributed by atoms with Crippen molar-refractivity contribution in [2.75, 3.05) is 13.2 Å². The van der Waals surface area contributed by atoms with Crippen LogP contribution in [0.5, 0.6) is 0 Å². The lowest BCUT2D eigenvalue weighted by Gasteiger charge is -2.24. The summed E-state index contributed by atoms with van der Waals surface area (Å²) >= 11 is 0. The van der Waals surface area contributed by atoms with E-state index in [0.29, 0.717) is 13.2 Å². The second kappa shape index (κ2) is 4.61. The number of amides is 1. The summed E-state index contributed by atoms with van der Waals surface area (Å²) in [5.41, 5.74) is -0.519. The molecular weight excluding hydrogens is 198 g/mol. The molecule has 0 atom stereocenters. The lowest BCUT2D eigenvalue weighted by molar-refractivity contribution is -0.171. The average Bonchev–Trinajstić information content (AvgIpc) is 2.50. The fraction of sp³-hybridized carbons (Fsp3) is 0.800. The SMILES string of the molecule is CC(C)(CC(=O)O)CC(=O)N1CCCO1. The van der Waals surface area contributed by atoms with Crippen LogP contribution < -0.4 is 0 Å². The summed E-state index contributed by atoms with van der Waals surface area (Å²) in [5.74, 6) is -1.01. The zero-order valence-corrected chi connectivity index (χ0v) is 9.15. The number of hydroxylamine groups is 2. The van der Waals surface area contributed by atoms with E-state index >= 15 is 0 Å². The minimum atomic E-state index is -0.879. The quantitative estimate of drug-likeness (QED) is 0.761. The summed E-state index contributed by atoms with van der Waals surface area (Å²) in [4.78, 5) is 27.3. The zero-order chi connectivity index (χ0) is 11.5. The molecule has 5 heteroatoms. The van der Waals surface area contributed by atoms with Gasteiger partial charge in [-0.25, -0.2) is 5.06 Å². The molecule has 1 amide bonds. The Morgan fingerprint density at radius 3 is 2.53 bits per heavy atom. The maximum atomic E-state index is 11.7. The lowest BCUT2D eigenvalue weighted by Crippen LogP contribution is -2.31. The Labute approximate surface area is 89.0 Å². The summed E-state index contributed by atoms with van der Waals surface area (Å²) < 4.78 is 0. The standard InChI is InChI=1S/C10H17NO4/c1-10(2,7-9(13)14)6-8(12)11-4-3-5-15-11/h3-7H2,1-2H3,(H,13,14). The number of carboxylic acid groups (broad SMARTS) is 1. The molecule has 0 radical (unpaired) electrons. The van der Waals surface area contributed by atoms with Gasteiger partial charge in [-0.3, -0.25) is 14.4 Å². The van der Waals surface area contributed by atoms with Gasteiger partial charge in [0, 0.05) is 6.42 Å². The Balaban J connectivity index is 2.44. The first-order valence-electron chi connectivity index (χ1n) is 5.06. The van der Waals surface area contributed by atoms with Crippen LogP contribution in [0.4, 0.5) is 0 Å². The van der Waals surface area contributed by atoms with Crippen LogP contribution in [0.1, 0.15) is 33.1 Å².